The number of rotatable bonds is 3. The molecule has 18 heavy (non-hydrogen) atoms. The number of nitrogens with zero attached hydrogens (tertiary/aromatic N) is 1. The van der Waals surface area contributed by atoms with E-state index in [1.54, 1.807) is 0 Å². The van der Waals surface area contributed by atoms with Gasteiger partial charge in [0.15, 0.2) is 0 Å². The highest BCUT2D eigenvalue weighted by Crippen LogP contribution is 2.25. The number of carbonyl (C=O) groups is 1. The van der Waals surface area contributed by atoms with Gasteiger partial charge < -0.3 is 10.2 Å². The van der Waals surface area contributed by atoms with E-state index in [1.165, 1.54) is 11.3 Å². The monoisotopic (exact) mass is 330 g/mol. The third kappa shape index (κ3) is 2.95. The molecule has 5 heteroatoms. The fourth-order valence-electron chi connectivity index (χ4n) is 2.32. The van der Waals surface area contributed by atoms with Crippen LogP contribution in [-0.4, -0.2) is 36.0 Å². The van der Waals surface area contributed by atoms with Gasteiger partial charge in [-0.3, -0.25) is 4.79 Å². The molecule has 1 N–H and O–H groups in total. The summed E-state index contributed by atoms with van der Waals surface area (Å²) in [5, 5.41) is 3.51. The van der Waals surface area contributed by atoms with Gasteiger partial charge in [0.1, 0.15) is 0 Å². The van der Waals surface area contributed by atoms with E-state index in [2.05, 4.69) is 35.1 Å². The molecule has 2 unspecified atom stereocenters. The molecule has 1 amide bonds. The van der Waals surface area contributed by atoms with Gasteiger partial charge in [-0.2, -0.15) is 0 Å². The van der Waals surface area contributed by atoms with Crippen LogP contribution in [0.1, 0.15) is 36.4 Å². The summed E-state index contributed by atoms with van der Waals surface area (Å²) in [6.07, 6.45) is 2.07. The number of hydrogen-bond acceptors (Lipinski definition) is 3. The lowest BCUT2D eigenvalue weighted by atomic mass is 10.0. The summed E-state index contributed by atoms with van der Waals surface area (Å²) in [5.74, 6) is 0.178. The summed E-state index contributed by atoms with van der Waals surface area (Å²) in [5.41, 5.74) is 0. The fourth-order valence-corrected chi connectivity index (χ4v) is 3.66. The Morgan fingerprint density at radius 3 is 2.83 bits per heavy atom. The van der Waals surface area contributed by atoms with Gasteiger partial charge in [0.2, 0.25) is 0 Å². The number of piperazine rings is 1. The molecule has 2 atom stereocenters. The van der Waals surface area contributed by atoms with Crippen LogP contribution in [0.25, 0.3) is 0 Å². The number of hydrogen-bond donors (Lipinski definition) is 1. The lowest BCUT2D eigenvalue weighted by Crippen LogP contribution is -2.57. The Labute approximate surface area is 121 Å². The normalized spacial score (nSPS) is 24.3. The molecule has 2 rings (SSSR count). The number of halogens is 1. The van der Waals surface area contributed by atoms with Crippen molar-refractivity contribution >= 4 is 33.2 Å². The third-order valence-electron chi connectivity index (χ3n) is 3.51. The highest BCUT2D eigenvalue weighted by Gasteiger charge is 2.30. The fraction of sp³-hybridized carbons (Fsp3) is 0.615. The van der Waals surface area contributed by atoms with Crippen LogP contribution in [0.5, 0.6) is 0 Å². The predicted molar refractivity (Wildman–Crippen MR) is 79.2 cm³/mol. The molecule has 0 saturated carbocycles. The zero-order valence-corrected chi connectivity index (χ0v) is 13.2. The van der Waals surface area contributed by atoms with Crippen molar-refractivity contribution < 1.29 is 4.79 Å². The highest BCUT2D eigenvalue weighted by atomic mass is 79.9. The second-order valence-electron chi connectivity index (χ2n) is 4.64. The van der Waals surface area contributed by atoms with Gasteiger partial charge >= 0.3 is 0 Å². The molecule has 1 fully saturated rings. The Kier molecular flexibility index (Phi) is 4.81. The van der Waals surface area contributed by atoms with Crippen molar-refractivity contribution in [1.29, 1.82) is 0 Å². The molecule has 1 aromatic heterocycles. The Balaban J connectivity index is 2.14. The van der Waals surface area contributed by atoms with E-state index in [9.17, 15) is 4.79 Å². The molecule has 0 aromatic carbocycles. The zero-order valence-electron chi connectivity index (χ0n) is 10.8. The van der Waals surface area contributed by atoms with Crippen LogP contribution < -0.4 is 5.32 Å². The molecule has 0 radical (unpaired) electrons. The second-order valence-corrected chi connectivity index (χ2v) is 7.10. The van der Waals surface area contributed by atoms with Crippen molar-refractivity contribution in [2.75, 3.05) is 13.1 Å². The Morgan fingerprint density at radius 1 is 1.50 bits per heavy atom. The van der Waals surface area contributed by atoms with Gasteiger partial charge in [-0.15, -0.1) is 11.3 Å². The summed E-state index contributed by atoms with van der Waals surface area (Å²) in [6.45, 7) is 6.04. The van der Waals surface area contributed by atoms with Gasteiger partial charge in [0, 0.05) is 25.2 Å². The summed E-state index contributed by atoms with van der Waals surface area (Å²) in [6, 6.07) is 4.60. The van der Waals surface area contributed by atoms with Gasteiger partial charge in [0.05, 0.1) is 8.66 Å². The molecule has 1 aliphatic heterocycles. The van der Waals surface area contributed by atoms with Crippen LogP contribution in [0, 0.1) is 0 Å². The zero-order chi connectivity index (χ0) is 13.1. The molecule has 100 valence electrons. The average Bonchev–Trinajstić information content (AvgIpc) is 2.83. The van der Waals surface area contributed by atoms with Gasteiger partial charge in [-0.1, -0.05) is 13.8 Å². The van der Waals surface area contributed by atoms with Crippen molar-refractivity contribution in [3.8, 4) is 0 Å². The molecule has 1 aromatic rings. The molecule has 0 aliphatic carbocycles. The van der Waals surface area contributed by atoms with Crippen molar-refractivity contribution in [2.24, 2.45) is 0 Å². The maximum absolute atomic E-state index is 12.5. The van der Waals surface area contributed by atoms with Crippen molar-refractivity contribution in [3.63, 3.8) is 0 Å². The quantitative estimate of drug-likeness (QED) is 0.923. The van der Waals surface area contributed by atoms with Crippen LogP contribution >= 0.6 is 27.3 Å². The highest BCUT2D eigenvalue weighted by molar-refractivity contribution is 9.11. The van der Waals surface area contributed by atoms with E-state index in [0.29, 0.717) is 12.1 Å². The summed E-state index contributed by atoms with van der Waals surface area (Å²) >= 11 is 4.93. The largest absolute Gasteiger partial charge is 0.332 e. The van der Waals surface area contributed by atoms with E-state index in [-0.39, 0.29) is 5.91 Å². The Morgan fingerprint density at radius 2 is 2.28 bits per heavy atom. The van der Waals surface area contributed by atoms with Crippen LogP contribution in [0.15, 0.2) is 15.9 Å². The van der Waals surface area contributed by atoms with E-state index in [1.807, 2.05) is 17.0 Å². The predicted octanol–water partition coefficient (Wildman–Crippen LogP) is 3.11. The van der Waals surface area contributed by atoms with Crippen molar-refractivity contribution in [1.82, 2.24) is 10.2 Å². The SMILES string of the molecule is CCC1CN(C(=O)c2ccc(Br)s2)C(CC)CN1. The second kappa shape index (κ2) is 6.17. The minimum Gasteiger partial charge on any atom is -0.332 e. The molecule has 1 aliphatic rings. The van der Waals surface area contributed by atoms with Crippen molar-refractivity contribution in [3.05, 3.63) is 20.8 Å². The number of amides is 1. The van der Waals surface area contributed by atoms with Crippen LogP contribution in [0.2, 0.25) is 0 Å². The summed E-state index contributed by atoms with van der Waals surface area (Å²) in [7, 11) is 0. The first kappa shape index (κ1) is 14.0. The topological polar surface area (TPSA) is 32.3 Å². The minimum atomic E-state index is 0.178. The first-order valence-electron chi connectivity index (χ1n) is 6.45. The molecule has 0 spiro atoms. The third-order valence-corrected chi connectivity index (χ3v) is 5.12. The van der Waals surface area contributed by atoms with Crippen LogP contribution in [0.3, 0.4) is 0 Å². The van der Waals surface area contributed by atoms with Gasteiger partial charge in [-0.25, -0.2) is 0 Å². The minimum absolute atomic E-state index is 0.178. The lowest BCUT2D eigenvalue weighted by Gasteiger charge is -2.39. The first-order valence-corrected chi connectivity index (χ1v) is 8.06. The Hall–Kier alpha value is -0.390. The van der Waals surface area contributed by atoms with E-state index >= 15 is 0 Å². The number of nitrogens with one attached hydrogen (secondary N) is 1. The average molecular weight is 331 g/mol. The van der Waals surface area contributed by atoms with Gasteiger partial charge in [0.25, 0.3) is 5.91 Å². The molecular formula is C13H19BrN2OS. The van der Waals surface area contributed by atoms with E-state index in [4.69, 9.17) is 0 Å². The first-order chi connectivity index (χ1) is 8.65. The molecule has 0 bridgehead atoms. The van der Waals surface area contributed by atoms with Crippen molar-refractivity contribution in [2.45, 2.75) is 38.8 Å². The molecule has 3 nitrogen and oxygen atoms in total. The maximum atomic E-state index is 12.5. The van der Waals surface area contributed by atoms with Crippen LogP contribution in [-0.2, 0) is 0 Å². The van der Waals surface area contributed by atoms with E-state index in [0.717, 1.165) is 34.6 Å². The number of carbonyl (C=O) groups excluding carboxylic acids is 1. The Bertz CT molecular complexity index is 421. The summed E-state index contributed by atoms with van der Waals surface area (Å²) in [4.78, 5) is 15.4. The van der Waals surface area contributed by atoms with Crippen LogP contribution in [0.4, 0.5) is 0 Å². The molecule has 2 heterocycles. The van der Waals surface area contributed by atoms with Gasteiger partial charge in [-0.05, 0) is 40.9 Å². The molecule has 1 saturated heterocycles. The smallest absolute Gasteiger partial charge is 0.264 e. The lowest BCUT2D eigenvalue weighted by molar-refractivity contribution is 0.0581. The number of thiophene rings is 1. The molecular weight excluding hydrogens is 312 g/mol. The maximum Gasteiger partial charge on any atom is 0.264 e. The van der Waals surface area contributed by atoms with E-state index < -0.39 is 0 Å². The summed E-state index contributed by atoms with van der Waals surface area (Å²) < 4.78 is 1.01. The standard InChI is InChI=1S/C13H19BrN2OS/c1-3-9-8-16(10(4-2)7-15-9)13(17)11-5-6-12(14)18-11/h5-6,9-10,15H,3-4,7-8H2,1-2H3.